The van der Waals surface area contributed by atoms with Crippen LogP contribution in [-0.2, 0) is 6.54 Å². The number of aromatic amines is 1. The van der Waals surface area contributed by atoms with Gasteiger partial charge in [-0.15, -0.1) is 0 Å². The van der Waals surface area contributed by atoms with E-state index in [0.717, 1.165) is 35.7 Å². The Morgan fingerprint density at radius 3 is 2.65 bits per heavy atom. The number of nitrogens with one attached hydrogen (secondary N) is 1. The van der Waals surface area contributed by atoms with E-state index >= 15 is 0 Å². The van der Waals surface area contributed by atoms with E-state index in [1.54, 1.807) is 7.11 Å². The molecule has 0 amide bonds. The zero-order valence-electron chi connectivity index (χ0n) is 13.9. The first-order valence-electron chi connectivity index (χ1n) is 7.82. The van der Waals surface area contributed by atoms with Crippen LogP contribution in [0.5, 0.6) is 5.75 Å². The molecule has 1 aromatic carbocycles. The summed E-state index contributed by atoms with van der Waals surface area (Å²) in [5, 5.41) is 17.5. The smallest absolute Gasteiger partial charge is 0.118 e. The Morgan fingerprint density at radius 1 is 1.30 bits per heavy atom. The van der Waals surface area contributed by atoms with Gasteiger partial charge in [0, 0.05) is 36.8 Å². The van der Waals surface area contributed by atoms with Gasteiger partial charge in [0.15, 0.2) is 0 Å². The second-order valence-electron chi connectivity index (χ2n) is 6.29. The first-order valence-corrected chi connectivity index (χ1v) is 7.82. The fraction of sp³-hybridized carbons (Fsp3) is 0.471. The highest BCUT2D eigenvalue weighted by atomic mass is 16.5. The van der Waals surface area contributed by atoms with E-state index in [0.29, 0.717) is 6.54 Å². The fourth-order valence-corrected chi connectivity index (χ4v) is 3.16. The van der Waals surface area contributed by atoms with E-state index in [2.05, 4.69) is 20.0 Å². The van der Waals surface area contributed by atoms with E-state index in [1.807, 2.05) is 44.6 Å². The van der Waals surface area contributed by atoms with Crippen LogP contribution in [0.25, 0.3) is 11.3 Å². The molecule has 2 aromatic rings. The van der Waals surface area contributed by atoms with Gasteiger partial charge in [0.05, 0.1) is 25.1 Å². The third-order valence-corrected chi connectivity index (χ3v) is 4.49. The summed E-state index contributed by atoms with van der Waals surface area (Å²) < 4.78 is 5.20. The number of H-pyrrole nitrogens is 1. The van der Waals surface area contributed by atoms with Crippen molar-refractivity contribution < 1.29 is 9.84 Å². The van der Waals surface area contributed by atoms with Crippen LogP contribution in [0.15, 0.2) is 30.5 Å². The molecular weight excluding hydrogens is 292 g/mol. The van der Waals surface area contributed by atoms with E-state index in [1.165, 1.54) is 0 Å². The lowest BCUT2D eigenvalue weighted by Gasteiger charge is -2.21. The van der Waals surface area contributed by atoms with Crippen molar-refractivity contribution in [2.75, 3.05) is 34.3 Å². The molecule has 0 saturated carbocycles. The SMILES string of the molecule is COc1ccc(-c2[nH]ncc2CN2C[C@H](O)[C@@H](N(C)C)C2)cc1. The monoisotopic (exact) mass is 316 g/mol. The molecule has 1 aliphatic heterocycles. The van der Waals surface area contributed by atoms with E-state index < -0.39 is 0 Å². The topological polar surface area (TPSA) is 64.6 Å². The van der Waals surface area contributed by atoms with Crippen molar-refractivity contribution in [3.63, 3.8) is 0 Å². The predicted molar refractivity (Wildman–Crippen MR) is 89.3 cm³/mol. The van der Waals surface area contributed by atoms with Crippen molar-refractivity contribution in [2.24, 2.45) is 0 Å². The third-order valence-electron chi connectivity index (χ3n) is 4.49. The number of likely N-dealkylation sites (tertiary alicyclic amines) is 1. The largest absolute Gasteiger partial charge is 0.497 e. The number of likely N-dealkylation sites (N-methyl/N-ethyl adjacent to an activating group) is 1. The molecule has 1 saturated heterocycles. The number of β-amino-alcohol motifs (C(OH)–C–C–N with tert-alkyl or cyclic N) is 1. The predicted octanol–water partition coefficient (Wildman–Crippen LogP) is 1.19. The number of methoxy groups -OCH3 is 1. The zero-order chi connectivity index (χ0) is 16.4. The lowest BCUT2D eigenvalue weighted by atomic mass is 10.1. The third kappa shape index (κ3) is 3.39. The zero-order valence-corrected chi connectivity index (χ0v) is 13.9. The van der Waals surface area contributed by atoms with Crippen molar-refractivity contribution >= 4 is 0 Å². The van der Waals surface area contributed by atoms with Crippen LogP contribution in [0, 0.1) is 0 Å². The van der Waals surface area contributed by atoms with Gasteiger partial charge in [-0.3, -0.25) is 10.00 Å². The Labute approximate surface area is 136 Å². The number of nitrogens with zero attached hydrogens (tertiary/aromatic N) is 3. The molecule has 0 radical (unpaired) electrons. The lowest BCUT2D eigenvalue weighted by Crippen LogP contribution is -2.37. The van der Waals surface area contributed by atoms with Gasteiger partial charge in [0.2, 0.25) is 0 Å². The summed E-state index contributed by atoms with van der Waals surface area (Å²) in [5.41, 5.74) is 3.25. The van der Waals surface area contributed by atoms with Gasteiger partial charge in [0.25, 0.3) is 0 Å². The number of aliphatic hydroxyl groups is 1. The molecule has 2 heterocycles. The minimum absolute atomic E-state index is 0.186. The molecule has 2 N–H and O–H groups in total. The second-order valence-corrected chi connectivity index (χ2v) is 6.29. The number of rotatable bonds is 5. The standard InChI is InChI=1S/C17H24N4O2/c1-20(2)15-10-21(11-16(15)22)9-13-8-18-19-17(13)12-4-6-14(23-3)7-5-12/h4-8,15-16,22H,9-11H2,1-3H3,(H,18,19)/t15-,16-/m0/s1. The Bertz CT molecular complexity index is 638. The minimum Gasteiger partial charge on any atom is -0.497 e. The summed E-state index contributed by atoms with van der Waals surface area (Å²) in [4.78, 5) is 4.36. The Balaban J connectivity index is 1.74. The number of aliphatic hydroxyl groups excluding tert-OH is 1. The number of hydrogen-bond donors (Lipinski definition) is 2. The summed E-state index contributed by atoms with van der Waals surface area (Å²) in [7, 11) is 5.69. The summed E-state index contributed by atoms with van der Waals surface area (Å²) in [6.07, 6.45) is 1.57. The molecule has 1 aliphatic rings. The lowest BCUT2D eigenvalue weighted by molar-refractivity contribution is 0.112. The van der Waals surface area contributed by atoms with Gasteiger partial charge < -0.3 is 14.7 Å². The average Bonchev–Trinajstić information content (AvgIpc) is 3.14. The fourth-order valence-electron chi connectivity index (χ4n) is 3.16. The van der Waals surface area contributed by atoms with Gasteiger partial charge >= 0.3 is 0 Å². The van der Waals surface area contributed by atoms with Crippen LogP contribution in [0.4, 0.5) is 0 Å². The molecule has 0 aliphatic carbocycles. The normalized spacial score (nSPS) is 22.0. The van der Waals surface area contributed by atoms with Crippen molar-refractivity contribution in [1.29, 1.82) is 0 Å². The maximum Gasteiger partial charge on any atom is 0.118 e. The highest BCUT2D eigenvalue weighted by molar-refractivity contribution is 5.63. The van der Waals surface area contributed by atoms with Crippen LogP contribution in [0.2, 0.25) is 0 Å². The summed E-state index contributed by atoms with van der Waals surface area (Å²) in [5.74, 6) is 0.839. The minimum atomic E-state index is -0.304. The number of benzene rings is 1. The van der Waals surface area contributed by atoms with Gasteiger partial charge in [-0.05, 0) is 38.4 Å². The average molecular weight is 316 g/mol. The second kappa shape index (κ2) is 6.70. The van der Waals surface area contributed by atoms with Crippen molar-refractivity contribution in [1.82, 2.24) is 20.0 Å². The van der Waals surface area contributed by atoms with Crippen LogP contribution in [-0.4, -0.2) is 71.5 Å². The summed E-state index contributed by atoms with van der Waals surface area (Å²) in [6, 6.07) is 8.13. The van der Waals surface area contributed by atoms with Gasteiger partial charge in [-0.1, -0.05) is 0 Å². The number of ether oxygens (including phenoxy) is 1. The molecule has 23 heavy (non-hydrogen) atoms. The Kier molecular flexibility index (Phi) is 4.66. The summed E-state index contributed by atoms with van der Waals surface area (Å²) >= 11 is 0. The Hall–Kier alpha value is -1.89. The molecule has 124 valence electrons. The molecular formula is C17H24N4O2. The molecule has 6 heteroatoms. The van der Waals surface area contributed by atoms with E-state index in [9.17, 15) is 5.11 Å². The molecule has 2 atom stereocenters. The van der Waals surface area contributed by atoms with Crippen molar-refractivity contribution in [3.8, 4) is 17.0 Å². The van der Waals surface area contributed by atoms with Crippen LogP contribution in [0.1, 0.15) is 5.56 Å². The van der Waals surface area contributed by atoms with Gasteiger partial charge in [-0.25, -0.2) is 0 Å². The molecule has 1 fully saturated rings. The molecule has 0 spiro atoms. The molecule has 6 nitrogen and oxygen atoms in total. The van der Waals surface area contributed by atoms with Crippen LogP contribution >= 0.6 is 0 Å². The van der Waals surface area contributed by atoms with Gasteiger partial charge in [0.1, 0.15) is 5.75 Å². The van der Waals surface area contributed by atoms with E-state index in [4.69, 9.17) is 4.74 Å². The maximum absolute atomic E-state index is 10.2. The highest BCUT2D eigenvalue weighted by Gasteiger charge is 2.32. The van der Waals surface area contributed by atoms with Crippen LogP contribution < -0.4 is 4.74 Å². The van der Waals surface area contributed by atoms with Crippen molar-refractivity contribution in [2.45, 2.75) is 18.7 Å². The van der Waals surface area contributed by atoms with Crippen LogP contribution in [0.3, 0.4) is 0 Å². The first-order chi connectivity index (χ1) is 11.1. The molecule has 3 rings (SSSR count). The number of hydrogen-bond acceptors (Lipinski definition) is 5. The molecule has 0 bridgehead atoms. The molecule has 0 unspecified atom stereocenters. The Morgan fingerprint density at radius 2 is 2.04 bits per heavy atom. The highest BCUT2D eigenvalue weighted by Crippen LogP contribution is 2.26. The van der Waals surface area contributed by atoms with Gasteiger partial charge in [-0.2, -0.15) is 5.10 Å². The summed E-state index contributed by atoms with van der Waals surface area (Å²) in [6.45, 7) is 2.33. The quantitative estimate of drug-likeness (QED) is 0.867. The first kappa shape index (κ1) is 16.0. The van der Waals surface area contributed by atoms with Crippen molar-refractivity contribution in [3.05, 3.63) is 36.0 Å². The number of aromatic nitrogens is 2. The molecule has 1 aromatic heterocycles. The van der Waals surface area contributed by atoms with E-state index in [-0.39, 0.29) is 12.1 Å². The maximum atomic E-state index is 10.2.